The van der Waals surface area contributed by atoms with Crippen molar-refractivity contribution in [2.75, 3.05) is 6.61 Å². The predicted molar refractivity (Wildman–Crippen MR) is 160 cm³/mol. The molecule has 0 saturated carbocycles. The fourth-order valence-electron chi connectivity index (χ4n) is 4.44. The molecule has 0 amide bonds. The Morgan fingerprint density at radius 1 is 0.718 bits per heavy atom. The SMILES string of the molecule is CCCCCCCCOc1ccc(-c2ncc(-c3ccc(OC(=O)CCCCCC(C)CC)cc3)cn2)cc1. The summed E-state index contributed by atoms with van der Waals surface area (Å²) in [7, 11) is 0. The van der Waals surface area contributed by atoms with Gasteiger partial charge >= 0.3 is 5.97 Å². The van der Waals surface area contributed by atoms with E-state index in [-0.39, 0.29) is 5.97 Å². The molecule has 2 aromatic carbocycles. The Hall–Kier alpha value is -3.21. The molecule has 39 heavy (non-hydrogen) atoms. The average molecular weight is 531 g/mol. The van der Waals surface area contributed by atoms with Gasteiger partial charge in [-0.05, 0) is 60.7 Å². The van der Waals surface area contributed by atoms with Gasteiger partial charge in [0.1, 0.15) is 11.5 Å². The third-order valence-electron chi connectivity index (χ3n) is 7.23. The van der Waals surface area contributed by atoms with Gasteiger partial charge in [0.25, 0.3) is 0 Å². The first-order valence-electron chi connectivity index (χ1n) is 15.0. The average Bonchev–Trinajstić information content (AvgIpc) is 2.97. The molecule has 0 aliphatic heterocycles. The molecule has 0 N–H and O–H groups in total. The first kappa shape index (κ1) is 30.3. The van der Waals surface area contributed by atoms with E-state index in [1.54, 1.807) is 0 Å². The van der Waals surface area contributed by atoms with E-state index in [0.717, 1.165) is 54.2 Å². The number of hydrogen-bond donors (Lipinski definition) is 0. The van der Waals surface area contributed by atoms with Gasteiger partial charge in [-0.3, -0.25) is 4.79 Å². The van der Waals surface area contributed by atoms with Gasteiger partial charge in [-0.1, -0.05) is 90.7 Å². The van der Waals surface area contributed by atoms with Crippen LogP contribution in [0.5, 0.6) is 11.5 Å². The van der Waals surface area contributed by atoms with Gasteiger partial charge in [0.2, 0.25) is 0 Å². The van der Waals surface area contributed by atoms with Crippen molar-refractivity contribution >= 4 is 5.97 Å². The van der Waals surface area contributed by atoms with Gasteiger partial charge in [0.15, 0.2) is 5.82 Å². The minimum Gasteiger partial charge on any atom is -0.494 e. The molecule has 1 unspecified atom stereocenters. The maximum Gasteiger partial charge on any atom is 0.311 e. The number of carbonyl (C=O) groups is 1. The lowest BCUT2D eigenvalue weighted by molar-refractivity contribution is -0.134. The zero-order valence-corrected chi connectivity index (χ0v) is 24.2. The highest BCUT2D eigenvalue weighted by Gasteiger charge is 2.08. The number of ether oxygens (including phenoxy) is 2. The van der Waals surface area contributed by atoms with Crippen LogP contribution in [0.4, 0.5) is 0 Å². The predicted octanol–water partition coefficient (Wildman–Crippen LogP) is 9.45. The normalized spacial score (nSPS) is 11.8. The van der Waals surface area contributed by atoms with E-state index < -0.39 is 0 Å². The van der Waals surface area contributed by atoms with Crippen molar-refractivity contribution < 1.29 is 14.3 Å². The molecule has 0 spiro atoms. The van der Waals surface area contributed by atoms with Crippen LogP contribution in [0.2, 0.25) is 0 Å². The number of carbonyl (C=O) groups excluding carboxylic acids is 1. The molecule has 0 aliphatic rings. The maximum absolute atomic E-state index is 12.2. The van der Waals surface area contributed by atoms with E-state index >= 15 is 0 Å². The number of hydrogen-bond acceptors (Lipinski definition) is 5. The number of rotatable bonds is 18. The molecule has 0 fully saturated rings. The van der Waals surface area contributed by atoms with Crippen LogP contribution in [-0.2, 0) is 4.79 Å². The van der Waals surface area contributed by atoms with E-state index in [1.165, 1.54) is 51.4 Å². The molecule has 210 valence electrons. The van der Waals surface area contributed by atoms with Crippen molar-refractivity contribution in [3.05, 3.63) is 60.9 Å². The fraction of sp³-hybridized carbons (Fsp3) is 0.500. The molecule has 0 aliphatic carbocycles. The van der Waals surface area contributed by atoms with Crippen LogP contribution in [-0.4, -0.2) is 22.5 Å². The summed E-state index contributed by atoms with van der Waals surface area (Å²) < 4.78 is 11.4. The second-order valence-electron chi connectivity index (χ2n) is 10.5. The Labute approximate surface area is 235 Å². The van der Waals surface area contributed by atoms with Crippen LogP contribution in [0.25, 0.3) is 22.5 Å². The standard InChI is InChI=1S/C34H46N2O3/c1-4-6-7-8-9-13-24-38-31-20-18-29(19-21-31)34-35-25-30(26-36-34)28-16-22-32(23-17-28)39-33(37)15-12-10-11-14-27(3)5-2/h16-23,25-27H,4-15,24H2,1-3H3. The Morgan fingerprint density at radius 2 is 1.33 bits per heavy atom. The van der Waals surface area contributed by atoms with E-state index in [1.807, 2.05) is 60.9 Å². The first-order chi connectivity index (χ1) is 19.1. The third kappa shape index (κ3) is 11.2. The molecule has 0 bridgehead atoms. The monoisotopic (exact) mass is 530 g/mol. The van der Waals surface area contributed by atoms with Gasteiger partial charge in [-0.2, -0.15) is 0 Å². The van der Waals surface area contributed by atoms with Crippen molar-refractivity contribution in [2.45, 2.75) is 97.8 Å². The quantitative estimate of drug-likeness (QED) is 0.0931. The Bertz CT molecular complexity index is 1080. The highest BCUT2D eigenvalue weighted by atomic mass is 16.5. The number of aromatic nitrogens is 2. The highest BCUT2D eigenvalue weighted by molar-refractivity contribution is 5.73. The zero-order valence-electron chi connectivity index (χ0n) is 24.2. The van der Waals surface area contributed by atoms with Crippen molar-refractivity contribution in [2.24, 2.45) is 5.92 Å². The first-order valence-corrected chi connectivity index (χ1v) is 15.0. The Kier molecular flexibility index (Phi) is 13.5. The maximum atomic E-state index is 12.2. The summed E-state index contributed by atoms with van der Waals surface area (Å²) in [5, 5.41) is 0. The van der Waals surface area contributed by atoms with Crippen LogP contribution in [0, 0.1) is 5.92 Å². The van der Waals surface area contributed by atoms with Gasteiger partial charge in [0, 0.05) is 29.9 Å². The summed E-state index contributed by atoms with van der Waals surface area (Å²) in [6.07, 6.45) is 17.2. The molecule has 3 rings (SSSR count). The second-order valence-corrected chi connectivity index (χ2v) is 10.5. The van der Waals surface area contributed by atoms with Gasteiger partial charge in [-0.15, -0.1) is 0 Å². The van der Waals surface area contributed by atoms with E-state index in [2.05, 4.69) is 30.7 Å². The van der Waals surface area contributed by atoms with Crippen LogP contribution >= 0.6 is 0 Å². The molecule has 1 heterocycles. The minimum absolute atomic E-state index is 0.169. The Balaban J connectivity index is 1.42. The number of nitrogens with zero attached hydrogens (tertiary/aromatic N) is 2. The van der Waals surface area contributed by atoms with Crippen molar-refractivity contribution in [3.63, 3.8) is 0 Å². The van der Waals surface area contributed by atoms with Gasteiger partial charge in [-0.25, -0.2) is 9.97 Å². The molecule has 3 aromatic rings. The van der Waals surface area contributed by atoms with E-state index in [0.29, 0.717) is 18.0 Å². The summed E-state index contributed by atoms with van der Waals surface area (Å²) in [6, 6.07) is 15.5. The lowest BCUT2D eigenvalue weighted by Crippen LogP contribution is -2.07. The smallest absolute Gasteiger partial charge is 0.311 e. The fourth-order valence-corrected chi connectivity index (χ4v) is 4.44. The van der Waals surface area contributed by atoms with Crippen LogP contribution in [0.15, 0.2) is 60.9 Å². The lowest BCUT2D eigenvalue weighted by atomic mass is 10.0. The number of unbranched alkanes of at least 4 members (excludes halogenated alkanes) is 7. The molecule has 5 heteroatoms. The van der Waals surface area contributed by atoms with E-state index in [9.17, 15) is 4.79 Å². The number of esters is 1. The third-order valence-corrected chi connectivity index (χ3v) is 7.23. The summed E-state index contributed by atoms with van der Waals surface area (Å²) in [5.74, 6) is 2.72. The molecule has 1 atom stereocenters. The second kappa shape index (κ2) is 17.4. The molecular weight excluding hydrogens is 484 g/mol. The zero-order chi connectivity index (χ0) is 27.7. The summed E-state index contributed by atoms with van der Waals surface area (Å²) >= 11 is 0. The molecule has 5 nitrogen and oxygen atoms in total. The van der Waals surface area contributed by atoms with Crippen LogP contribution in [0.1, 0.15) is 97.8 Å². The van der Waals surface area contributed by atoms with Crippen molar-refractivity contribution in [1.29, 1.82) is 0 Å². The lowest BCUT2D eigenvalue weighted by Gasteiger charge is -2.08. The molecular formula is C34H46N2O3. The topological polar surface area (TPSA) is 61.3 Å². The van der Waals surface area contributed by atoms with Crippen LogP contribution < -0.4 is 9.47 Å². The summed E-state index contributed by atoms with van der Waals surface area (Å²) in [5.41, 5.74) is 2.84. The molecule has 0 radical (unpaired) electrons. The minimum atomic E-state index is -0.169. The Morgan fingerprint density at radius 3 is 2.03 bits per heavy atom. The molecule has 0 saturated heterocycles. The largest absolute Gasteiger partial charge is 0.494 e. The van der Waals surface area contributed by atoms with Crippen molar-refractivity contribution in [3.8, 4) is 34.0 Å². The summed E-state index contributed by atoms with van der Waals surface area (Å²) in [4.78, 5) is 21.3. The van der Waals surface area contributed by atoms with Crippen LogP contribution in [0.3, 0.4) is 0 Å². The van der Waals surface area contributed by atoms with Gasteiger partial charge in [0.05, 0.1) is 6.61 Å². The molecule has 1 aromatic heterocycles. The number of benzene rings is 2. The highest BCUT2D eigenvalue weighted by Crippen LogP contribution is 2.24. The van der Waals surface area contributed by atoms with Crippen molar-refractivity contribution in [1.82, 2.24) is 9.97 Å². The van der Waals surface area contributed by atoms with E-state index in [4.69, 9.17) is 9.47 Å². The van der Waals surface area contributed by atoms with Gasteiger partial charge < -0.3 is 9.47 Å². The summed E-state index contributed by atoms with van der Waals surface area (Å²) in [6.45, 7) is 7.50.